The maximum absolute atomic E-state index is 12.9. The summed E-state index contributed by atoms with van der Waals surface area (Å²) in [4.78, 5) is 29.2. The van der Waals surface area contributed by atoms with Crippen LogP contribution in [0, 0.1) is 10.1 Å². The lowest BCUT2D eigenvalue weighted by Crippen LogP contribution is -1.97. The highest BCUT2D eigenvalue weighted by Gasteiger charge is 2.19. The van der Waals surface area contributed by atoms with Crippen LogP contribution in [0.4, 0.5) is 5.69 Å². The Kier molecular flexibility index (Phi) is 6.05. The van der Waals surface area contributed by atoms with Gasteiger partial charge in [-0.2, -0.15) is 0 Å². The number of carbonyl (C=O) groups is 1. The van der Waals surface area contributed by atoms with Crippen molar-refractivity contribution >= 4 is 33.8 Å². The highest BCUT2D eigenvalue weighted by molar-refractivity contribution is 7.15. The number of thiazole rings is 1. The van der Waals surface area contributed by atoms with Crippen LogP contribution in [-0.4, -0.2) is 25.2 Å². The lowest BCUT2D eigenvalue weighted by molar-refractivity contribution is -0.385. The molecule has 2 aromatic heterocycles. The van der Waals surface area contributed by atoms with Crippen molar-refractivity contribution < 1.29 is 14.8 Å². The van der Waals surface area contributed by atoms with E-state index in [-0.39, 0.29) is 17.0 Å². The van der Waals surface area contributed by atoms with E-state index in [9.17, 15) is 20.0 Å². The fourth-order valence-electron chi connectivity index (χ4n) is 3.90. The van der Waals surface area contributed by atoms with Crippen molar-refractivity contribution in [1.29, 1.82) is 0 Å². The number of hydrogen-bond acceptors (Lipinski definition) is 6. The van der Waals surface area contributed by atoms with Crippen molar-refractivity contribution in [3.8, 4) is 22.4 Å². The Balaban J connectivity index is 1.48. The third kappa shape index (κ3) is 4.40. The maximum atomic E-state index is 12.9. The van der Waals surface area contributed by atoms with Gasteiger partial charge in [0.15, 0.2) is 10.7 Å². The predicted molar refractivity (Wildman–Crippen MR) is 136 cm³/mol. The second-order valence-corrected chi connectivity index (χ2v) is 8.67. The second-order valence-electron chi connectivity index (χ2n) is 7.80. The summed E-state index contributed by atoms with van der Waals surface area (Å²) in [6.45, 7) is -0.431. The molecule has 7 nitrogen and oxygen atoms in total. The van der Waals surface area contributed by atoms with Gasteiger partial charge in [-0.1, -0.05) is 60.7 Å². The van der Waals surface area contributed by atoms with Crippen molar-refractivity contribution in [1.82, 2.24) is 9.38 Å². The smallest absolute Gasteiger partial charge is 0.275 e. The number of nitrogens with zero attached hydrogens (tertiary/aromatic N) is 3. The minimum Gasteiger partial charge on any atom is -0.391 e. The van der Waals surface area contributed by atoms with E-state index in [1.54, 1.807) is 24.3 Å². The van der Waals surface area contributed by atoms with E-state index in [1.807, 2.05) is 58.4 Å². The van der Waals surface area contributed by atoms with Crippen molar-refractivity contribution in [2.45, 2.75) is 6.61 Å². The van der Waals surface area contributed by atoms with Gasteiger partial charge in [0, 0.05) is 28.8 Å². The molecule has 0 fully saturated rings. The summed E-state index contributed by atoms with van der Waals surface area (Å²) in [5.41, 5.74) is 4.40. The van der Waals surface area contributed by atoms with Crippen LogP contribution in [-0.2, 0) is 6.61 Å². The first-order chi connectivity index (χ1) is 17.0. The monoisotopic (exact) mass is 481 g/mol. The molecule has 0 aliphatic rings. The number of nitro benzene ring substituents is 1. The third-order valence-electron chi connectivity index (χ3n) is 5.69. The van der Waals surface area contributed by atoms with Crippen LogP contribution in [0.3, 0.4) is 0 Å². The van der Waals surface area contributed by atoms with Gasteiger partial charge in [0.2, 0.25) is 0 Å². The molecule has 3 aromatic carbocycles. The summed E-state index contributed by atoms with van der Waals surface area (Å²) in [6.07, 6.45) is 5.01. The number of benzene rings is 3. The molecule has 8 heteroatoms. The highest BCUT2D eigenvalue weighted by atomic mass is 32.1. The van der Waals surface area contributed by atoms with E-state index in [2.05, 4.69) is 4.98 Å². The van der Waals surface area contributed by atoms with Gasteiger partial charge < -0.3 is 5.11 Å². The van der Waals surface area contributed by atoms with Crippen LogP contribution < -0.4 is 0 Å². The fraction of sp³-hybridized carbons (Fsp3) is 0.0370. The summed E-state index contributed by atoms with van der Waals surface area (Å²) < 4.78 is 1.84. The van der Waals surface area contributed by atoms with Gasteiger partial charge in [-0.3, -0.25) is 19.3 Å². The zero-order valence-electron chi connectivity index (χ0n) is 18.4. The molecule has 0 atom stereocenters. The van der Waals surface area contributed by atoms with Crippen LogP contribution in [0.25, 0.3) is 33.4 Å². The topological polar surface area (TPSA) is 97.7 Å². The molecule has 0 aliphatic carbocycles. The normalized spacial score (nSPS) is 11.3. The standard InChI is InChI=1S/C27H19N3O4S/c31-17-22-11-10-21(16-24(22)30(33)34)26-23(29-14-15-35-27(29)28-26)12-13-25(32)20-8-6-19(7-9-20)18-4-2-1-3-5-18/h1-16,31H,17H2. The van der Waals surface area contributed by atoms with E-state index in [0.29, 0.717) is 27.5 Å². The number of aliphatic hydroxyl groups excluding tert-OH is 1. The molecule has 0 saturated heterocycles. The molecule has 5 aromatic rings. The zero-order valence-corrected chi connectivity index (χ0v) is 19.2. The number of nitro groups is 1. The fourth-order valence-corrected chi connectivity index (χ4v) is 4.62. The molecule has 5 rings (SSSR count). The molecule has 0 amide bonds. The summed E-state index contributed by atoms with van der Waals surface area (Å²) in [5, 5.41) is 22.8. The third-order valence-corrected chi connectivity index (χ3v) is 6.45. The minimum atomic E-state index is -0.522. The molecule has 35 heavy (non-hydrogen) atoms. The predicted octanol–water partition coefficient (Wildman–Crippen LogP) is 6.03. The molecule has 1 N–H and O–H groups in total. The van der Waals surface area contributed by atoms with Crippen molar-refractivity contribution in [3.63, 3.8) is 0 Å². The van der Waals surface area contributed by atoms with Gasteiger partial charge >= 0.3 is 0 Å². The average Bonchev–Trinajstić information content (AvgIpc) is 3.49. The molecule has 0 unspecified atom stereocenters. The molecule has 0 saturated carbocycles. The number of aromatic nitrogens is 2. The SMILES string of the molecule is O=C(C=Cc1c(-c2ccc(CO)c([N+](=O)[O-])c2)nc2sccn12)c1ccc(-c2ccccc2)cc1. The Morgan fingerprint density at radius 2 is 1.74 bits per heavy atom. The molecular formula is C27H19N3O4S. The molecule has 172 valence electrons. The van der Waals surface area contributed by atoms with E-state index >= 15 is 0 Å². The Morgan fingerprint density at radius 1 is 1.03 bits per heavy atom. The lowest BCUT2D eigenvalue weighted by Gasteiger charge is -2.04. The Labute approximate surface area is 204 Å². The number of fused-ring (bicyclic) bond motifs is 1. The summed E-state index contributed by atoms with van der Waals surface area (Å²) in [7, 11) is 0. The quantitative estimate of drug-likeness (QED) is 0.133. The first-order valence-electron chi connectivity index (χ1n) is 10.8. The largest absolute Gasteiger partial charge is 0.391 e. The lowest BCUT2D eigenvalue weighted by atomic mass is 10.0. The van der Waals surface area contributed by atoms with Crippen molar-refractivity contribution in [2.24, 2.45) is 0 Å². The molecule has 0 bridgehead atoms. The van der Waals surface area contributed by atoms with Crippen LogP contribution in [0.5, 0.6) is 0 Å². The van der Waals surface area contributed by atoms with E-state index in [4.69, 9.17) is 0 Å². The van der Waals surface area contributed by atoms with Crippen LogP contribution in [0.15, 0.2) is 90.4 Å². The number of ketones is 1. The molecule has 0 radical (unpaired) electrons. The van der Waals surface area contributed by atoms with Gasteiger partial charge in [0.1, 0.15) is 0 Å². The summed E-state index contributed by atoms with van der Waals surface area (Å²) in [5.74, 6) is -0.164. The second kappa shape index (κ2) is 9.46. The minimum absolute atomic E-state index is 0.164. The Bertz CT molecular complexity index is 1570. The number of imidazole rings is 1. The number of allylic oxidation sites excluding steroid dienone is 1. The number of aliphatic hydroxyl groups is 1. The zero-order chi connectivity index (χ0) is 24.4. The Morgan fingerprint density at radius 3 is 2.46 bits per heavy atom. The summed E-state index contributed by atoms with van der Waals surface area (Å²) >= 11 is 1.42. The van der Waals surface area contributed by atoms with Gasteiger partial charge in [0.05, 0.1) is 28.5 Å². The van der Waals surface area contributed by atoms with Crippen LogP contribution in [0.2, 0.25) is 0 Å². The number of rotatable bonds is 7. The first-order valence-corrected chi connectivity index (χ1v) is 11.6. The molecule has 0 aliphatic heterocycles. The first kappa shape index (κ1) is 22.4. The van der Waals surface area contributed by atoms with Gasteiger partial charge in [-0.15, -0.1) is 11.3 Å². The van der Waals surface area contributed by atoms with E-state index in [0.717, 1.165) is 11.1 Å². The average molecular weight is 482 g/mol. The summed E-state index contributed by atoms with van der Waals surface area (Å²) in [6, 6.07) is 22.0. The van der Waals surface area contributed by atoms with E-state index < -0.39 is 11.5 Å². The van der Waals surface area contributed by atoms with Crippen molar-refractivity contribution in [3.05, 3.63) is 117 Å². The highest BCUT2D eigenvalue weighted by Crippen LogP contribution is 2.32. The molecular weight excluding hydrogens is 462 g/mol. The maximum Gasteiger partial charge on any atom is 0.275 e. The van der Waals surface area contributed by atoms with Gasteiger partial charge in [-0.25, -0.2) is 4.98 Å². The van der Waals surface area contributed by atoms with Gasteiger partial charge in [-0.05, 0) is 29.3 Å². The van der Waals surface area contributed by atoms with Crippen LogP contribution in [0.1, 0.15) is 21.6 Å². The Hall–Kier alpha value is -4.40. The van der Waals surface area contributed by atoms with Crippen LogP contribution >= 0.6 is 11.3 Å². The molecule has 0 spiro atoms. The van der Waals surface area contributed by atoms with Gasteiger partial charge in [0.25, 0.3) is 5.69 Å². The van der Waals surface area contributed by atoms with Crippen molar-refractivity contribution in [2.75, 3.05) is 0 Å². The molecule has 2 heterocycles. The number of carbonyl (C=O) groups excluding carboxylic acids is 1. The van der Waals surface area contributed by atoms with E-state index in [1.165, 1.54) is 29.5 Å². The number of hydrogen-bond donors (Lipinski definition) is 1.